The second-order valence-corrected chi connectivity index (χ2v) is 7.41. The molecular formula is C16H23N5O4S. The van der Waals surface area contributed by atoms with E-state index < -0.39 is 12.0 Å². The Bertz CT molecular complexity index is 678. The number of rotatable bonds is 4. The van der Waals surface area contributed by atoms with Crippen LogP contribution in [0.5, 0.6) is 0 Å². The highest BCUT2D eigenvalue weighted by molar-refractivity contribution is 7.14. The number of carbonyl (C=O) groups excluding carboxylic acids is 3. The second kappa shape index (κ2) is 8.12. The molecule has 0 saturated carbocycles. The van der Waals surface area contributed by atoms with Crippen LogP contribution < -0.4 is 21.4 Å². The Morgan fingerprint density at radius 3 is 2.92 bits per heavy atom. The molecule has 3 amide bonds. The summed E-state index contributed by atoms with van der Waals surface area (Å²) in [5.74, 6) is -0.812. The number of hydrogen-bond acceptors (Lipinski definition) is 8. The number of thiophene rings is 1. The van der Waals surface area contributed by atoms with Crippen LogP contribution in [0.4, 0.5) is 9.80 Å². The van der Waals surface area contributed by atoms with Crippen molar-refractivity contribution in [1.29, 1.82) is 0 Å². The normalized spacial score (nSPS) is 22.7. The molecule has 0 aromatic carbocycles. The van der Waals surface area contributed by atoms with E-state index in [0.29, 0.717) is 11.4 Å². The number of alkyl carbamates (subject to hydrolysis) is 1. The van der Waals surface area contributed by atoms with Gasteiger partial charge in [-0.05, 0) is 38.3 Å². The fourth-order valence-electron chi connectivity index (χ4n) is 2.98. The van der Waals surface area contributed by atoms with Crippen molar-refractivity contribution in [1.82, 2.24) is 21.1 Å². The Morgan fingerprint density at radius 1 is 1.38 bits per heavy atom. The van der Waals surface area contributed by atoms with E-state index in [2.05, 4.69) is 21.4 Å². The molecule has 0 bridgehead atoms. The molecule has 9 nitrogen and oxygen atoms in total. The van der Waals surface area contributed by atoms with Gasteiger partial charge in [0, 0.05) is 13.0 Å². The molecule has 2 saturated heterocycles. The number of imide groups is 1. The number of ether oxygens (including phenoxy) is 1. The van der Waals surface area contributed by atoms with E-state index in [1.54, 1.807) is 25.3 Å². The molecule has 2 aliphatic rings. The van der Waals surface area contributed by atoms with Crippen molar-refractivity contribution in [3.63, 3.8) is 0 Å². The zero-order chi connectivity index (χ0) is 18.7. The largest absolute Gasteiger partial charge is 0.447 e. The van der Waals surface area contributed by atoms with E-state index in [-0.39, 0.29) is 29.8 Å². The molecule has 10 heteroatoms. The maximum Gasteiger partial charge on any atom is 0.414 e. The van der Waals surface area contributed by atoms with E-state index >= 15 is 0 Å². The summed E-state index contributed by atoms with van der Waals surface area (Å²) in [5, 5.41) is 12.4. The first-order chi connectivity index (χ1) is 12.4. The molecular weight excluding hydrogens is 358 g/mol. The summed E-state index contributed by atoms with van der Waals surface area (Å²) in [6.45, 7) is 5.22. The zero-order valence-corrected chi connectivity index (χ0v) is 15.5. The van der Waals surface area contributed by atoms with Crippen LogP contribution in [-0.4, -0.2) is 54.3 Å². The van der Waals surface area contributed by atoms with Gasteiger partial charge in [-0.3, -0.25) is 14.9 Å². The van der Waals surface area contributed by atoms with E-state index in [4.69, 9.17) is 4.74 Å². The van der Waals surface area contributed by atoms with Crippen molar-refractivity contribution in [2.24, 2.45) is 0 Å². The molecule has 2 fully saturated rings. The van der Waals surface area contributed by atoms with Gasteiger partial charge in [-0.15, -0.1) is 11.3 Å². The summed E-state index contributed by atoms with van der Waals surface area (Å²) >= 11 is 1.23. The van der Waals surface area contributed by atoms with Gasteiger partial charge in [0.2, 0.25) is 5.91 Å². The Balaban J connectivity index is 1.59. The van der Waals surface area contributed by atoms with Gasteiger partial charge in [0.1, 0.15) is 11.0 Å². The number of anilines is 1. The summed E-state index contributed by atoms with van der Waals surface area (Å²) < 4.78 is 4.90. The summed E-state index contributed by atoms with van der Waals surface area (Å²) in [6.07, 6.45) is 0.689. The number of carbonyl (C=O) groups is 3. The van der Waals surface area contributed by atoms with Crippen LogP contribution in [0.15, 0.2) is 11.4 Å². The van der Waals surface area contributed by atoms with Crippen LogP contribution in [0, 0.1) is 0 Å². The van der Waals surface area contributed by atoms with Crippen molar-refractivity contribution >= 4 is 34.2 Å². The SMILES string of the molecule is CC(C)OC(=O)NC(=O)c1ccsc1NC(=O)C1CC2NCCCN2N1. The fraction of sp³-hybridized carbons (Fsp3) is 0.562. The van der Waals surface area contributed by atoms with Gasteiger partial charge in [0.15, 0.2) is 0 Å². The van der Waals surface area contributed by atoms with Gasteiger partial charge in [-0.2, -0.15) is 0 Å². The lowest BCUT2D eigenvalue weighted by Gasteiger charge is -2.29. The summed E-state index contributed by atoms with van der Waals surface area (Å²) in [5.41, 5.74) is 3.43. The van der Waals surface area contributed by atoms with Crippen molar-refractivity contribution in [2.45, 2.75) is 45.0 Å². The highest BCUT2D eigenvalue weighted by Crippen LogP contribution is 2.25. The van der Waals surface area contributed by atoms with Crippen molar-refractivity contribution in [3.8, 4) is 0 Å². The molecule has 0 spiro atoms. The first-order valence-electron chi connectivity index (χ1n) is 8.60. The topological polar surface area (TPSA) is 112 Å². The maximum atomic E-state index is 12.6. The monoisotopic (exact) mass is 381 g/mol. The standard InChI is InChI=1S/C16H23N5O4S/c1-9(2)25-16(24)19-13(22)10-4-7-26-15(10)18-14(23)11-8-12-17-5-3-6-21(12)20-11/h4,7,9,11-12,17,20H,3,5-6,8H2,1-2H3,(H,18,23)(H,19,22,24). The third kappa shape index (κ3) is 4.39. The lowest BCUT2D eigenvalue weighted by Crippen LogP contribution is -2.51. The average Bonchev–Trinajstić information content (AvgIpc) is 3.20. The number of fused-ring (bicyclic) bond motifs is 1. The van der Waals surface area contributed by atoms with Gasteiger partial charge in [0.05, 0.1) is 17.8 Å². The minimum Gasteiger partial charge on any atom is -0.447 e. The highest BCUT2D eigenvalue weighted by Gasteiger charge is 2.37. The van der Waals surface area contributed by atoms with E-state index in [9.17, 15) is 14.4 Å². The Morgan fingerprint density at radius 2 is 2.19 bits per heavy atom. The molecule has 1 aromatic rings. The van der Waals surface area contributed by atoms with Crippen molar-refractivity contribution in [2.75, 3.05) is 18.4 Å². The molecule has 4 N–H and O–H groups in total. The first-order valence-corrected chi connectivity index (χ1v) is 9.48. The second-order valence-electron chi connectivity index (χ2n) is 6.50. The number of amides is 3. The molecule has 0 radical (unpaired) electrons. The van der Waals surface area contributed by atoms with E-state index in [1.165, 1.54) is 11.3 Å². The van der Waals surface area contributed by atoms with Gasteiger partial charge in [0.25, 0.3) is 5.91 Å². The Kier molecular flexibility index (Phi) is 5.87. The average molecular weight is 381 g/mol. The maximum absolute atomic E-state index is 12.6. The number of nitrogens with one attached hydrogen (secondary N) is 4. The lowest BCUT2D eigenvalue weighted by atomic mass is 10.1. The van der Waals surface area contributed by atoms with Crippen LogP contribution in [-0.2, 0) is 9.53 Å². The first kappa shape index (κ1) is 18.8. The van der Waals surface area contributed by atoms with Crippen LogP contribution in [0.3, 0.4) is 0 Å². The van der Waals surface area contributed by atoms with Gasteiger partial charge < -0.3 is 15.4 Å². The lowest BCUT2D eigenvalue weighted by molar-refractivity contribution is -0.118. The molecule has 2 atom stereocenters. The molecule has 2 aliphatic heterocycles. The number of hydrazine groups is 1. The quantitative estimate of drug-likeness (QED) is 0.612. The molecule has 3 heterocycles. The molecule has 0 aliphatic carbocycles. The summed E-state index contributed by atoms with van der Waals surface area (Å²) in [4.78, 5) is 36.4. The molecule has 3 rings (SSSR count). The minimum absolute atomic E-state index is 0.149. The predicted molar refractivity (Wildman–Crippen MR) is 96.7 cm³/mol. The molecule has 26 heavy (non-hydrogen) atoms. The van der Waals surface area contributed by atoms with Crippen molar-refractivity contribution < 1.29 is 19.1 Å². The highest BCUT2D eigenvalue weighted by atomic mass is 32.1. The summed E-state index contributed by atoms with van der Waals surface area (Å²) in [7, 11) is 0. The fourth-order valence-corrected chi connectivity index (χ4v) is 3.77. The number of hydrogen-bond donors (Lipinski definition) is 4. The van der Waals surface area contributed by atoms with Gasteiger partial charge in [-0.1, -0.05) is 0 Å². The van der Waals surface area contributed by atoms with Crippen LogP contribution in [0.1, 0.15) is 37.0 Å². The van der Waals surface area contributed by atoms with Gasteiger partial charge >= 0.3 is 6.09 Å². The minimum atomic E-state index is -0.811. The third-order valence-electron chi connectivity index (χ3n) is 4.13. The van der Waals surface area contributed by atoms with Crippen molar-refractivity contribution in [3.05, 3.63) is 17.0 Å². The van der Waals surface area contributed by atoms with E-state index in [1.807, 2.05) is 5.01 Å². The van der Waals surface area contributed by atoms with Crippen LogP contribution in [0.25, 0.3) is 0 Å². The summed E-state index contributed by atoms with van der Waals surface area (Å²) in [6, 6.07) is 1.19. The predicted octanol–water partition coefficient (Wildman–Crippen LogP) is 0.860. The molecule has 142 valence electrons. The zero-order valence-electron chi connectivity index (χ0n) is 14.7. The van der Waals surface area contributed by atoms with E-state index in [0.717, 1.165) is 19.5 Å². The third-order valence-corrected chi connectivity index (χ3v) is 4.96. The van der Waals surface area contributed by atoms with Crippen LogP contribution >= 0.6 is 11.3 Å². The van der Waals surface area contributed by atoms with Crippen LogP contribution in [0.2, 0.25) is 0 Å². The smallest absolute Gasteiger partial charge is 0.414 e. The molecule has 1 aromatic heterocycles. The Hall–Kier alpha value is -2.01. The number of nitrogens with zero attached hydrogens (tertiary/aromatic N) is 1. The molecule has 2 unspecified atom stereocenters. The van der Waals surface area contributed by atoms with Gasteiger partial charge in [-0.25, -0.2) is 15.2 Å². The Labute approximate surface area is 155 Å².